The molecule has 0 amide bonds. The van der Waals surface area contributed by atoms with Gasteiger partial charge in [0, 0.05) is 11.6 Å². The molecule has 0 fully saturated rings. The van der Waals surface area contributed by atoms with Crippen molar-refractivity contribution in [3.05, 3.63) is 70.8 Å². The Labute approximate surface area is 174 Å². The van der Waals surface area contributed by atoms with Gasteiger partial charge in [-0.2, -0.15) is 0 Å². The van der Waals surface area contributed by atoms with E-state index in [0.717, 1.165) is 36.1 Å². The number of nitrogen functional groups attached to an aromatic ring is 1. The van der Waals surface area contributed by atoms with Gasteiger partial charge in [-0.1, -0.05) is 19.4 Å². The Hall–Kier alpha value is -3.68. The van der Waals surface area contributed by atoms with E-state index in [4.69, 9.17) is 11.1 Å². The Balaban J connectivity index is 2.03. The third-order valence-electron chi connectivity index (χ3n) is 4.81. The van der Waals surface area contributed by atoms with Crippen LogP contribution >= 0.6 is 0 Å². The lowest BCUT2D eigenvalue weighted by molar-refractivity contribution is 0.469. The van der Waals surface area contributed by atoms with E-state index < -0.39 is 5.82 Å². The maximum absolute atomic E-state index is 13.8. The van der Waals surface area contributed by atoms with Crippen LogP contribution in [0, 0.1) is 18.2 Å². The first-order valence-electron chi connectivity index (χ1n) is 9.55. The summed E-state index contributed by atoms with van der Waals surface area (Å²) in [5.74, 6) is -0.362. The van der Waals surface area contributed by atoms with E-state index in [9.17, 15) is 14.6 Å². The van der Waals surface area contributed by atoms with Gasteiger partial charge in [0.1, 0.15) is 35.3 Å². The molecule has 0 radical (unpaired) electrons. The highest BCUT2D eigenvalue weighted by Crippen LogP contribution is 2.31. The molecule has 3 rings (SSSR count). The molecule has 2 aromatic carbocycles. The van der Waals surface area contributed by atoms with E-state index >= 15 is 0 Å². The molecular weight excluding hydrogens is 385 g/mol. The molecular formula is C22H24FN5O2. The average molecular weight is 409 g/mol. The fraction of sp³-hybridized carbons (Fsp3) is 0.227. The van der Waals surface area contributed by atoms with Crippen molar-refractivity contribution >= 4 is 17.3 Å². The summed E-state index contributed by atoms with van der Waals surface area (Å²) in [6.45, 7) is 3.96. The lowest BCUT2D eigenvalue weighted by Gasteiger charge is -2.23. The molecule has 0 bridgehead atoms. The van der Waals surface area contributed by atoms with Gasteiger partial charge in [-0.05, 0) is 48.7 Å². The van der Waals surface area contributed by atoms with Gasteiger partial charge in [-0.15, -0.1) is 0 Å². The van der Waals surface area contributed by atoms with Crippen molar-refractivity contribution in [2.75, 3.05) is 11.1 Å². The topological polar surface area (TPSA) is 128 Å². The fourth-order valence-electron chi connectivity index (χ4n) is 3.43. The number of benzene rings is 2. The second-order valence-corrected chi connectivity index (χ2v) is 7.08. The minimum Gasteiger partial charge on any atom is -0.508 e. The van der Waals surface area contributed by atoms with Crippen LogP contribution in [0.2, 0.25) is 0 Å². The maximum atomic E-state index is 13.8. The van der Waals surface area contributed by atoms with E-state index in [-0.39, 0.29) is 40.2 Å². The van der Waals surface area contributed by atoms with Crippen LogP contribution in [0.3, 0.4) is 0 Å². The monoisotopic (exact) mass is 409 g/mol. The summed E-state index contributed by atoms with van der Waals surface area (Å²) in [6.07, 6.45) is 2.94. The molecule has 1 unspecified atom stereocenters. The van der Waals surface area contributed by atoms with E-state index in [2.05, 4.69) is 22.2 Å². The van der Waals surface area contributed by atoms with E-state index in [1.807, 2.05) is 13.0 Å². The van der Waals surface area contributed by atoms with Gasteiger partial charge >= 0.3 is 0 Å². The molecule has 0 saturated carbocycles. The fourth-order valence-corrected chi connectivity index (χ4v) is 3.43. The lowest BCUT2D eigenvalue weighted by Crippen LogP contribution is -2.18. The quantitative estimate of drug-likeness (QED) is 0.370. The van der Waals surface area contributed by atoms with Gasteiger partial charge in [0.05, 0.1) is 17.3 Å². The number of nitrogens with two attached hydrogens (primary N) is 1. The van der Waals surface area contributed by atoms with Crippen molar-refractivity contribution in [3.63, 3.8) is 0 Å². The Morgan fingerprint density at radius 3 is 2.60 bits per heavy atom. The first-order valence-corrected chi connectivity index (χ1v) is 9.55. The molecule has 0 aliphatic carbocycles. The van der Waals surface area contributed by atoms with Crippen LogP contribution in [0.15, 0.2) is 42.7 Å². The molecule has 8 heteroatoms. The summed E-state index contributed by atoms with van der Waals surface area (Å²) < 4.78 is 13.8. The van der Waals surface area contributed by atoms with Gasteiger partial charge in [-0.25, -0.2) is 14.4 Å². The molecule has 30 heavy (non-hydrogen) atoms. The highest BCUT2D eigenvalue weighted by molar-refractivity contribution is 6.16. The molecule has 0 aliphatic rings. The average Bonchev–Trinajstić information content (AvgIpc) is 2.67. The van der Waals surface area contributed by atoms with Gasteiger partial charge in [0.2, 0.25) is 0 Å². The predicted molar refractivity (Wildman–Crippen MR) is 115 cm³/mol. The highest BCUT2D eigenvalue weighted by atomic mass is 19.1. The standard InChI is InChI=1S/C22H24FN5O2/c1-3-4-18(17-6-5-15(29)7-12(17)2)28-22-19(21(25)26-11-27-22)20(24)13-8-14(23)10-16(30)9-13/h5-11,18,24,29-30H,3-4H2,1-2H3,(H3,25,26,27,28). The molecule has 0 aliphatic heterocycles. The summed E-state index contributed by atoms with van der Waals surface area (Å²) in [5, 5.41) is 31.3. The van der Waals surface area contributed by atoms with Crippen molar-refractivity contribution in [1.82, 2.24) is 9.97 Å². The van der Waals surface area contributed by atoms with Crippen molar-refractivity contribution in [2.45, 2.75) is 32.7 Å². The zero-order valence-electron chi connectivity index (χ0n) is 16.8. The van der Waals surface area contributed by atoms with Crippen LogP contribution in [-0.4, -0.2) is 25.9 Å². The van der Waals surface area contributed by atoms with E-state index in [1.165, 1.54) is 12.4 Å². The third-order valence-corrected chi connectivity index (χ3v) is 4.81. The molecule has 7 nitrogen and oxygen atoms in total. The van der Waals surface area contributed by atoms with Crippen LogP contribution in [0.5, 0.6) is 11.5 Å². The van der Waals surface area contributed by atoms with Gasteiger partial charge in [-0.3, -0.25) is 5.41 Å². The minimum atomic E-state index is -0.664. The minimum absolute atomic E-state index is 0.0685. The normalized spacial score (nSPS) is 11.8. The Kier molecular flexibility index (Phi) is 6.15. The number of aryl methyl sites for hydroxylation is 1. The van der Waals surface area contributed by atoms with Crippen molar-refractivity contribution < 1.29 is 14.6 Å². The Bertz CT molecular complexity index is 1070. The number of hydrogen-bond donors (Lipinski definition) is 5. The van der Waals surface area contributed by atoms with Gasteiger partial charge in [0.25, 0.3) is 0 Å². The number of phenolic OH excluding ortho intramolecular Hbond substituents is 2. The maximum Gasteiger partial charge on any atom is 0.141 e. The summed E-state index contributed by atoms with van der Waals surface area (Å²) in [5.41, 5.74) is 8.22. The number of rotatable bonds is 7. The molecule has 0 saturated heterocycles. The number of anilines is 2. The summed E-state index contributed by atoms with van der Waals surface area (Å²) in [7, 11) is 0. The molecule has 0 spiro atoms. The largest absolute Gasteiger partial charge is 0.508 e. The smallest absolute Gasteiger partial charge is 0.141 e. The summed E-state index contributed by atoms with van der Waals surface area (Å²) >= 11 is 0. The van der Waals surface area contributed by atoms with Crippen molar-refractivity contribution in [3.8, 4) is 11.5 Å². The highest BCUT2D eigenvalue weighted by Gasteiger charge is 2.21. The van der Waals surface area contributed by atoms with Crippen molar-refractivity contribution in [1.29, 1.82) is 5.41 Å². The number of hydrogen-bond acceptors (Lipinski definition) is 7. The van der Waals surface area contributed by atoms with Crippen LogP contribution in [0.4, 0.5) is 16.0 Å². The number of nitrogens with zero attached hydrogens (tertiary/aromatic N) is 2. The predicted octanol–water partition coefficient (Wildman–Crippen LogP) is 4.29. The Morgan fingerprint density at radius 1 is 1.17 bits per heavy atom. The van der Waals surface area contributed by atoms with E-state index in [1.54, 1.807) is 12.1 Å². The molecule has 1 heterocycles. The van der Waals surface area contributed by atoms with Gasteiger partial charge in [0.15, 0.2) is 0 Å². The molecule has 156 valence electrons. The number of phenols is 2. The summed E-state index contributed by atoms with van der Waals surface area (Å²) in [6, 6.07) is 8.40. The van der Waals surface area contributed by atoms with Crippen LogP contribution in [-0.2, 0) is 0 Å². The van der Waals surface area contributed by atoms with Gasteiger partial charge < -0.3 is 21.3 Å². The molecule has 6 N–H and O–H groups in total. The number of aromatic hydroxyl groups is 2. The van der Waals surface area contributed by atoms with Crippen LogP contribution in [0.25, 0.3) is 0 Å². The third kappa shape index (κ3) is 4.48. The molecule has 3 aromatic rings. The lowest BCUT2D eigenvalue weighted by atomic mass is 9.96. The van der Waals surface area contributed by atoms with Crippen LogP contribution in [0.1, 0.15) is 48.1 Å². The first kappa shape index (κ1) is 21.0. The second kappa shape index (κ2) is 8.77. The molecule has 1 aromatic heterocycles. The van der Waals surface area contributed by atoms with E-state index in [0.29, 0.717) is 5.82 Å². The SMILES string of the molecule is CCCC(Nc1ncnc(N)c1C(=N)c1cc(O)cc(F)c1)c1ccc(O)cc1C. The summed E-state index contributed by atoms with van der Waals surface area (Å²) in [4.78, 5) is 8.26. The Morgan fingerprint density at radius 2 is 1.93 bits per heavy atom. The zero-order valence-corrected chi connectivity index (χ0v) is 16.8. The zero-order chi connectivity index (χ0) is 21.8. The first-order chi connectivity index (χ1) is 14.3. The number of nitrogens with one attached hydrogen (secondary N) is 2. The van der Waals surface area contributed by atoms with Crippen LogP contribution < -0.4 is 11.1 Å². The molecule has 1 atom stereocenters. The second-order valence-electron chi connectivity index (χ2n) is 7.08. The van der Waals surface area contributed by atoms with Crippen molar-refractivity contribution in [2.24, 2.45) is 0 Å². The number of halogens is 1. The number of aromatic nitrogens is 2.